The third kappa shape index (κ3) is 7.91. The first-order chi connectivity index (χ1) is 8.68. The standard InChI is InChI=1S/C16H33NO2/c1-15(2,3)18-11-9-16(4,5)19-13-14-8-7-10-17(6)12-14/h14H,7-13H2,1-6H3. The Labute approximate surface area is 119 Å². The lowest BCUT2D eigenvalue weighted by atomic mass is 9.98. The van der Waals surface area contributed by atoms with Crippen LogP contribution in [0.4, 0.5) is 0 Å². The van der Waals surface area contributed by atoms with E-state index in [9.17, 15) is 0 Å². The van der Waals surface area contributed by atoms with Gasteiger partial charge in [0.1, 0.15) is 0 Å². The van der Waals surface area contributed by atoms with Crippen molar-refractivity contribution in [1.82, 2.24) is 4.90 Å². The molecule has 0 aromatic rings. The second-order valence-corrected chi connectivity index (χ2v) is 7.55. The normalized spacial score (nSPS) is 22.7. The summed E-state index contributed by atoms with van der Waals surface area (Å²) in [7, 11) is 2.20. The van der Waals surface area contributed by atoms with Crippen molar-refractivity contribution in [2.24, 2.45) is 5.92 Å². The zero-order valence-electron chi connectivity index (χ0n) is 13.8. The fourth-order valence-corrected chi connectivity index (χ4v) is 2.43. The van der Waals surface area contributed by atoms with Gasteiger partial charge in [0.05, 0.1) is 17.8 Å². The number of ether oxygens (including phenoxy) is 2. The number of hydrogen-bond donors (Lipinski definition) is 0. The summed E-state index contributed by atoms with van der Waals surface area (Å²) in [6.07, 6.45) is 3.56. The molecule has 19 heavy (non-hydrogen) atoms. The van der Waals surface area contributed by atoms with Gasteiger partial charge in [-0.25, -0.2) is 0 Å². The van der Waals surface area contributed by atoms with Crippen molar-refractivity contribution in [1.29, 1.82) is 0 Å². The molecule has 3 nitrogen and oxygen atoms in total. The SMILES string of the molecule is CN1CCCC(COC(C)(C)CCOC(C)(C)C)C1. The summed E-state index contributed by atoms with van der Waals surface area (Å²) in [5, 5.41) is 0. The molecule has 0 N–H and O–H groups in total. The van der Waals surface area contributed by atoms with Crippen LogP contribution >= 0.6 is 0 Å². The van der Waals surface area contributed by atoms with Crippen LogP contribution < -0.4 is 0 Å². The van der Waals surface area contributed by atoms with Crippen LogP contribution in [0.5, 0.6) is 0 Å². The fourth-order valence-electron chi connectivity index (χ4n) is 2.43. The molecule has 1 unspecified atom stereocenters. The van der Waals surface area contributed by atoms with Gasteiger partial charge in [-0.15, -0.1) is 0 Å². The number of hydrogen-bond acceptors (Lipinski definition) is 3. The van der Waals surface area contributed by atoms with Gasteiger partial charge >= 0.3 is 0 Å². The van der Waals surface area contributed by atoms with Crippen LogP contribution in [-0.2, 0) is 9.47 Å². The molecule has 1 heterocycles. The maximum atomic E-state index is 6.13. The van der Waals surface area contributed by atoms with Crippen LogP contribution in [0, 0.1) is 5.92 Å². The molecule has 0 spiro atoms. The van der Waals surface area contributed by atoms with E-state index < -0.39 is 0 Å². The molecular formula is C16H33NO2. The number of rotatable bonds is 6. The highest BCUT2D eigenvalue weighted by molar-refractivity contribution is 4.74. The van der Waals surface area contributed by atoms with Crippen molar-refractivity contribution in [2.45, 2.75) is 65.1 Å². The summed E-state index contributed by atoms with van der Waals surface area (Å²) < 4.78 is 11.9. The van der Waals surface area contributed by atoms with Crippen LogP contribution in [-0.4, -0.2) is 49.5 Å². The van der Waals surface area contributed by atoms with E-state index in [4.69, 9.17) is 9.47 Å². The molecule has 0 aromatic heterocycles. The number of piperidine rings is 1. The first-order valence-corrected chi connectivity index (χ1v) is 7.64. The third-order valence-electron chi connectivity index (χ3n) is 3.67. The highest BCUT2D eigenvalue weighted by atomic mass is 16.5. The number of nitrogens with zero attached hydrogens (tertiary/aromatic N) is 1. The van der Waals surface area contributed by atoms with E-state index in [1.165, 1.54) is 25.9 Å². The molecule has 3 heteroatoms. The van der Waals surface area contributed by atoms with E-state index in [0.717, 1.165) is 19.6 Å². The maximum Gasteiger partial charge on any atom is 0.0648 e. The van der Waals surface area contributed by atoms with Crippen molar-refractivity contribution < 1.29 is 9.47 Å². The molecule has 1 fully saturated rings. The van der Waals surface area contributed by atoms with E-state index in [-0.39, 0.29) is 11.2 Å². The van der Waals surface area contributed by atoms with Crippen molar-refractivity contribution in [3.8, 4) is 0 Å². The molecule has 1 rings (SSSR count). The Morgan fingerprint density at radius 2 is 1.79 bits per heavy atom. The van der Waals surface area contributed by atoms with Crippen LogP contribution in [0.2, 0.25) is 0 Å². The van der Waals surface area contributed by atoms with Gasteiger partial charge in [0.15, 0.2) is 0 Å². The first kappa shape index (κ1) is 16.9. The molecule has 0 radical (unpaired) electrons. The van der Waals surface area contributed by atoms with Crippen molar-refractivity contribution in [2.75, 3.05) is 33.4 Å². The molecule has 1 saturated heterocycles. The summed E-state index contributed by atoms with van der Waals surface area (Å²) in [6, 6.07) is 0. The lowest BCUT2D eigenvalue weighted by Gasteiger charge is -2.33. The largest absolute Gasteiger partial charge is 0.376 e. The average molecular weight is 271 g/mol. The molecular weight excluding hydrogens is 238 g/mol. The van der Waals surface area contributed by atoms with E-state index >= 15 is 0 Å². The summed E-state index contributed by atoms with van der Waals surface area (Å²) >= 11 is 0. The molecule has 0 saturated carbocycles. The Morgan fingerprint density at radius 3 is 2.37 bits per heavy atom. The van der Waals surface area contributed by atoms with Gasteiger partial charge in [-0.1, -0.05) is 0 Å². The van der Waals surface area contributed by atoms with Crippen LogP contribution in [0.15, 0.2) is 0 Å². The monoisotopic (exact) mass is 271 g/mol. The quantitative estimate of drug-likeness (QED) is 0.739. The topological polar surface area (TPSA) is 21.7 Å². The van der Waals surface area contributed by atoms with E-state index in [1.807, 2.05) is 0 Å². The average Bonchev–Trinajstić information content (AvgIpc) is 2.24. The Balaban J connectivity index is 2.22. The molecule has 0 bridgehead atoms. The zero-order valence-corrected chi connectivity index (χ0v) is 13.8. The predicted octanol–water partition coefficient (Wildman–Crippen LogP) is 3.33. The van der Waals surface area contributed by atoms with Crippen molar-refractivity contribution in [3.05, 3.63) is 0 Å². The minimum atomic E-state index is -0.0821. The Hall–Kier alpha value is -0.120. The summed E-state index contributed by atoms with van der Waals surface area (Å²) in [6.45, 7) is 14.7. The Bertz CT molecular complexity index is 258. The lowest BCUT2D eigenvalue weighted by Crippen LogP contribution is -2.37. The molecule has 1 aliphatic heterocycles. The van der Waals surface area contributed by atoms with Crippen LogP contribution in [0.1, 0.15) is 53.9 Å². The Kier molecular flexibility index (Phi) is 6.28. The lowest BCUT2D eigenvalue weighted by molar-refractivity contribution is -0.0797. The van der Waals surface area contributed by atoms with Crippen LogP contribution in [0.3, 0.4) is 0 Å². The summed E-state index contributed by atoms with van der Waals surface area (Å²) in [5.74, 6) is 0.696. The van der Waals surface area contributed by atoms with E-state index in [1.54, 1.807) is 0 Å². The second kappa shape index (κ2) is 7.05. The molecule has 0 amide bonds. The molecule has 0 aliphatic carbocycles. The van der Waals surface area contributed by atoms with Gasteiger partial charge in [-0.2, -0.15) is 0 Å². The zero-order chi connectivity index (χ0) is 14.5. The van der Waals surface area contributed by atoms with E-state index in [2.05, 4.69) is 46.6 Å². The minimum Gasteiger partial charge on any atom is -0.376 e. The van der Waals surface area contributed by atoms with Crippen LogP contribution in [0.25, 0.3) is 0 Å². The molecule has 1 aliphatic rings. The Morgan fingerprint density at radius 1 is 1.11 bits per heavy atom. The molecule has 114 valence electrons. The minimum absolute atomic E-state index is 0.0534. The summed E-state index contributed by atoms with van der Waals surface area (Å²) in [5.41, 5.74) is -0.135. The highest BCUT2D eigenvalue weighted by Gasteiger charge is 2.24. The van der Waals surface area contributed by atoms with Crippen molar-refractivity contribution in [3.63, 3.8) is 0 Å². The van der Waals surface area contributed by atoms with Gasteiger partial charge < -0.3 is 14.4 Å². The fraction of sp³-hybridized carbons (Fsp3) is 1.00. The van der Waals surface area contributed by atoms with Gasteiger partial charge in [0, 0.05) is 13.2 Å². The second-order valence-electron chi connectivity index (χ2n) is 7.55. The number of likely N-dealkylation sites (tertiary alicyclic amines) is 1. The third-order valence-corrected chi connectivity index (χ3v) is 3.67. The van der Waals surface area contributed by atoms with Crippen molar-refractivity contribution >= 4 is 0 Å². The highest BCUT2D eigenvalue weighted by Crippen LogP contribution is 2.21. The van der Waals surface area contributed by atoms with Gasteiger partial charge in [0.2, 0.25) is 0 Å². The maximum absolute atomic E-state index is 6.13. The van der Waals surface area contributed by atoms with Gasteiger partial charge in [0.25, 0.3) is 0 Å². The first-order valence-electron chi connectivity index (χ1n) is 7.64. The summed E-state index contributed by atoms with van der Waals surface area (Å²) in [4.78, 5) is 2.41. The smallest absolute Gasteiger partial charge is 0.0648 e. The van der Waals surface area contributed by atoms with E-state index in [0.29, 0.717) is 5.92 Å². The molecule has 0 aromatic carbocycles. The van der Waals surface area contributed by atoms with Gasteiger partial charge in [-0.05, 0) is 73.4 Å². The molecule has 1 atom stereocenters. The predicted molar refractivity (Wildman–Crippen MR) is 80.6 cm³/mol. The van der Waals surface area contributed by atoms with Gasteiger partial charge in [-0.3, -0.25) is 0 Å².